The van der Waals surface area contributed by atoms with Gasteiger partial charge >= 0.3 is 12.1 Å². The number of ether oxygens (including phenoxy) is 1. The van der Waals surface area contributed by atoms with Crippen LogP contribution in [0.25, 0.3) is 0 Å². The van der Waals surface area contributed by atoms with E-state index in [-0.39, 0.29) is 27.7 Å². The average molecular weight is 486 g/mol. The number of esters is 1. The summed E-state index contributed by atoms with van der Waals surface area (Å²) in [6.45, 7) is 11.2. The molecular weight excluding hydrogens is 459 g/mol. The Balaban J connectivity index is 2.12. The molecule has 184 valence electrons. The lowest BCUT2D eigenvalue weighted by Crippen LogP contribution is -2.32. The highest BCUT2D eigenvalue weighted by Crippen LogP contribution is 2.41. The number of anilines is 1. The van der Waals surface area contributed by atoms with Gasteiger partial charge in [0.15, 0.2) is 0 Å². The molecule has 2 aromatic rings. The van der Waals surface area contributed by atoms with Crippen LogP contribution in [0.4, 0.5) is 18.9 Å². The molecule has 2 aromatic carbocycles. The number of benzene rings is 2. The maximum absolute atomic E-state index is 13.6. The first-order valence-electron chi connectivity index (χ1n) is 10.8. The van der Waals surface area contributed by atoms with Gasteiger partial charge in [-0.15, -0.1) is 0 Å². The van der Waals surface area contributed by atoms with Gasteiger partial charge in [-0.1, -0.05) is 57.7 Å². The van der Waals surface area contributed by atoms with Crippen molar-refractivity contribution in [1.82, 2.24) is 0 Å². The Hall–Kier alpha value is -3.68. The van der Waals surface area contributed by atoms with E-state index >= 15 is 0 Å². The second kappa shape index (κ2) is 9.17. The molecule has 0 saturated carbocycles. The van der Waals surface area contributed by atoms with E-state index < -0.39 is 35.4 Å². The van der Waals surface area contributed by atoms with E-state index in [4.69, 9.17) is 4.74 Å². The van der Waals surface area contributed by atoms with Crippen molar-refractivity contribution in [2.24, 2.45) is 0 Å². The van der Waals surface area contributed by atoms with Gasteiger partial charge in [-0.3, -0.25) is 9.59 Å². The first-order valence-corrected chi connectivity index (χ1v) is 10.8. The molecule has 8 heteroatoms. The smallest absolute Gasteiger partial charge is 0.416 e. The van der Waals surface area contributed by atoms with Gasteiger partial charge in [0.2, 0.25) is 0 Å². The first kappa shape index (κ1) is 25.9. The molecule has 0 fully saturated rings. The van der Waals surface area contributed by atoms with Crippen LogP contribution in [0.15, 0.2) is 71.8 Å². The van der Waals surface area contributed by atoms with Crippen LogP contribution >= 0.6 is 0 Å². The summed E-state index contributed by atoms with van der Waals surface area (Å²) in [5, 5.41) is 0. The van der Waals surface area contributed by atoms with Crippen LogP contribution in [-0.2, 0) is 30.7 Å². The Labute approximate surface area is 201 Å². The number of imide groups is 1. The summed E-state index contributed by atoms with van der Waals surface area (Å²) in [6.07, 6.45) is -4.65. The van der Waals surface area contributed by atoms with Crippen molar-refractivity contribution < 1.29 is 32.3 Å². The van der Waals surface area contributed by atoms with Gasteiger partial charge < -0.3 is 4.74 Å². The molecule has 0 bridgehead atoms. The van der Waals surface area contributed by atoms with Crippen molar-refractivity contribution in [1.29, 1.82) is 0 Å². The minimum atomic E-state index is -4.65. The summed E-state index contributed by atoms with van der Waals surface area (Å²) < 4.78 is 44.9. The molecule has 1 heterocycles. The number of hydrogen-bond donors (Lipinski definition) is 0. The van der Waals surface area contributed by atoms with Crippen LogP contribution < -0.4 is 4.90 Å². The monoisotopic (exact) mass is 485 g/mol. The molecule has 5 nitrogen and oxygen atoms in total. The van der Waals surface area contributed by atoms with Crippen LogP contribution in [-0.4, -0.2) is 24.9 Å². The Morgan fingerprint density at radius 2 is 1.57 bits per heavy atom. The van der Waals surface area contributed by atoms with Gasteiger partial charge in [0.1, 0.15) is 0 Å². The Bertz CT molecular complexity index is 1230. The van der Waals surface area contributed by atoms with E-state index in [2.05, 4.69) is 6.58 Å². The molecule has 1 aliphatic heterocycles. The number of methoxy groups -OCH3 is 1. The van der Waals surface area contributed by atoms with E-state index in [9.17, 15) is 27.6 Å². The molecule has 0 aliphatic carbocycles. The lowest BCUT2D eigenvalue weighted by atomic mass is 9.82. The molecule has 35 heavy (non-hydrogen) atoms. The number of carbonyl (C=O) groups is 3. The van der Waals surface area contributed by atoms with Crippen molar-refractivity contribution in [2.75, 3.05) is 12.0 Å². The van der Waals surface area contributed by atoms with Crippen molar-refractivity contribution in [3.63, 3.8) is 0 Å². The Morgan fingerprint density at radius 1 is 0.971 bits per heavy atom. The predicted molar refractivity (Wildman–Crippen MR) is 126 cm³/mol. The number of rotatable bonds is 5. The maximum Gasteiger partial charge on any atom is 0.416 e. The Kier molecular flexibility index (Phi) is 6.79. The van der Waals surface area contributed by atoms with E-state index in [1.807, 2.05) is 20.8 Å². The van der Waals surface area contributed by atoms with Gasteiger partial charge in [-0.05, 0) is 41.7 Å². The summed E-state index contributed by atoms with van der Waals surface area (Å²) in [7, 11) is 1.10. The molecule has 2 amide bonds. The lowest BCUT2D eigenvalue weighted by molar-refractivity contribution is -0.137. The first-order chi connectivity index (χ1) is 16.2. The van der Waals surface area contributed by atoms with Crippen molar-refractivity contribution in [2.45, 2.75) is 45.2 Å². The fourth-order valence-corrected chi connectivity index (χ4v) is 4.03. The standard InChI is InChI=1S/C27H26F3NO4/c1-15-22(24(33)31(23(15)32)20-12-10-18(11-13-20)26(3,4)5)21(16(2)25(34)35-6)17-8-7-9-19(14-17)27(28,29)30/h7-14,21H,2H2,1,3-6H3/t21-/m0/s1. The highest BCUT2D eigenvalue weighted by molar-refractivity contribution is 6.33. The van der Waals surface area contributed by atoms with Gasteiger partial charge in [-0.2, -0.15) is 13.2 Å². The number of nitrogens with zero attached hydrogens (tertiary/aromatic N) is 1. The maximum atomic E-state index is 13.6. The van der Waals surface area contributed by atoms with Gasteiger partial charge in [0.25, 0.3) is 11.8 Å². The van der Waals surface area contributed by atoms with Crippen molar-refractivity contribution >= 4 is 23.5 Å². The molecule has 0 spiro atoms. The molecule has 1 atom stereocenters. The number of amides is 2. The zero-order valence-electron chi connectivity index (χ0n) is 20.1. The fraction of sp³-hybridized carbons (Fsp3) is 0.296. The molecule has 0 N–H and O–H groups in total. The lowest BCUT2D eigenvalue weighted by Gasteiger charge is -2.23. The summed E-state index contributed by atoms with van der Waals surface area (Å²) >= 11 is 0. The minimum absolute atomic E-state index is 0.00402. The third-order valence-corrected chi connectivity index (χ3v) is 5.98. The number of hydrogen-bond acceptors (Lipinski definition) is 4. The number of carbonyl (C=O) groups excluding carboxylic acids is 3. The van der Waals surface area contributed by atoms with Crippen molar-refractivity contribution in [3.8, 4) is 0 Å². The number of halogens is 3. The van der Waals surface area contributed by atoms with Crippen LogP contribution in [0, 0.1) is 0 Å². The molecular formula is C27H26F3NO4. The van der Waals surface area contributed by atoms with E-state index in [1.54, 1.807) is 24.3 Å². The fourth-order valence-electron chi connectivity index (χ4n) is 4.03. The SMILES string of the molecule is C=C(C(=O)OC)[C@H](C1=C(C)C(=O)N(c2ccc(C(C)(C)C)cc2)C1=O)c1cccc(C(F)(F)F)c1. The summed E-state index contributed by atoms with van der Waals surface area (Å²) in [5.74, 6) is -3.56. The van der Waals surface area contributed by atoms with Crippen LogP contribution in [0.1, 0.15) is 50.3 Å². The molecule has 0 saturated heterocycles. The Morgan fingerprint density at radius 3 is 2.09 bits per heavy atom. The number of alkyl halides is 3. The highest BCUT2D eigenvalue weighted by atomic mass is 19.4. The van der Waals surface area contributed by atoms with Crippen molar-refractivity contribution in [3.05, 3.63) is 88.5 Å². The summed E-state index contributed by atoms with van der Waals surface area (Å²) in [5.41, 5.74) is -0.166. The molecule has 1 aliphatic rings. The minimum Gasteiger partial charge on any atom is -0.466 e. The van der Waals surface area contributed by atoms with Gasteiger partial charge in [0, 0.05) is 22.6 Å². The second-order valence-corrected chi connectivity index (χ2v) is 9.35. The van der Waals surface area contributed by atoms with Gasteiger partial charge in [-0.25, -0.2) is 9.69 Å². The topological polar surface area (TPSA) is 63.7 Å². The van der Waals surface area contributed by atoms with E-state index in [1.165, 1.54) is 19.1 Å². The third kappa shape index (κ3) is 4.92. The highest BCUT2D eigenvalue weighted by Gasteiger charge is 2.43. The van der Waals surface area contributed by atoms with Crippen LogP contribution in [0.2, 0.25) is 0 Å². The molecule has 0 unspecified atom stereocenters. The summed E-state index contributed by atoms with van der Waals surface area (Å²) in [6, 6.07) is 11.2. The average Bonchev–Trinajstić information content (AvgIpc) is 3.01. The predicted octanol–water partition coefficient (Wildman–Crippen LogP) is 5.71. The molecule has 3 rings (SSSR count). The molecule has 0 radical (unpaired) electrons. The summed E-state index contributed by atoms with van der Waals surface area (Å²) in [4.78, 5) is 40.0. The van der Waals surface area contributed by atoms with E-state index in [0.29, 0.717) is 5.69 Å². The normalized spacial score (nSPS) is 15.5. The van der Waals surface area contributed by atoms with Gasteiger partial charge in [0.05, 0.1) is 18.4 Å². The van der Waals surface area contributed by atoms with Crippen LogP contribution in [0.5, 0.6) is 0 Å². The quantitative estimate of drug-likeness (QED) is 0.309. The van der Waals surface area contributed by atoms with Crippen LogP contribution in [0.3, 0.4) is 0 Å². The second-order valence-electron chi connectivity index (χ2n) is 9.35. The zero-order valence-corrected chi connectivity index (χ0v) is 20.1. The molecule has 0 aromatic heterocycles. The van der Waals surface area contributed by atoms with E-state index in [0.717, 1.165) is 29.7 Å². The largest absolute Gasteiger partial charge is 0.466 e. The third-order valence-electron chi connectivity index (χ3n) is 5.98. The zero-order chi connectivity index (χ0) is 26.3.